The smallest absolute Gasteiger partial charge is 0.0628 e. The van der Waals surface area contributed by atoms with E-state index in [0.717, 1.165) is 42.6 Å². The monoisotopic (exact) mass is 776 g/mol. The van der Waals surface area contributed by atoms with E-state index in [9.17, 15) is 0 Å². The van der Waals surface area contributed by atoms with Crippen molar-refractivity contribution in [1.29, 1.82) is 0 Å². The molecule has 0 aromatic carbocycles. The Kier molecular flexibility index (Phi) is 10.2. The predicted octanol–water partition coefficient (Wildman–Crippen LogP) is 2.03. The van der Waals surface area contributed by atoms with Crippen LogP contribution >= 0.6 is 0 Å². The molecule has 4 aliphatic carbocycles. The summed E-state index contributed by atoms with van der Waals surface area (Å²) in [5, 5.41) is 40.7. The molecule has 0 amide bonds. The second kappa shape index (κ2) is 13.8. The molecule has 0 aromatic heterocycles. The maximum absolute atomic E-state index is 7.00. The number of aliphatic hydroxyl groups is 1. The maximum Gasteiger partial charge on any atom is 0.0628 e. The average Bonchev–Trinajstić information content (AvgIpc) is 3.78. The van der Waals surface area contributed by atoms with Gasteiger partial charge in [0.25, 0.3) is 0 Å². The Morgan fingerprint density at radius 1 is 0.372 bits per heavy atom. The first kappa shape index (κ1) is 31.9. The van der Waals surface area contributed by atoms with Crippen LogP contribution in [0.1, 0.15) is 96.3 Å². The van der Waals surface area contributed by atoms with Crippen LogP contribution < -0.4 is 42.5 Å². The van der Waals surface area contributed by atoms with Crippen LogP contribution in [-0.2, 0) is 20.1 Å². The molecule has 8 bridgehead atoms. The maximum atomic E-state index is 7.00. The van der Waals surface area contributed by atoms with Crippen molar-refractivity contribution >= 4 is 0 Å². The second-order valence-corrected chi connectivity index (χ2v) is 15.4. The molecule has 1 radical (unpaired) electrons. The van der Waals surface area contributed by atoms with E-state index >= 15 is 0 Å². The van der Waals surface area contributed by atoms with Gasteiger partial charge < -0.3 is 11.5 Å². The Balaban J connectivity index is 0.000000981. The van der Waals surface area contributed by atoms with Gasteiger partial charge in [0.05, 0.1) is 43.2 Å². The van der Waals surface area contributed by atoms with E-state index < -0.39 is 0 Å². The summed E-state index contributed by atoms with van der Waals surface area (Å²) in [5.41, 5.74) is 0. The molecule has 5 saturated heterocycles. The molecule has 10 heteroatoms. The number of aliphatic hydroxyl groups excluding tert-OH is 1. The van der Waals surface area contributed by atoms with Crippen LogP contribution in [0, 0.1) is 53.8 Å². The normalized spacial score (nSPS) is 53.7. The van der Waals surface area contributed by atoms with Crippen molar-refractivity contribution in [3.63, 3.8) is 0 Å². The number of rotatable bonds is 0. The fourth-order valence-corrected chi connectivity index (χ4v) is 11.7. The molecule has 16 unspecified atom stereocenters. The average molecular weight is 776 g/mol. The molecular formula is C33H59IrN8O-. The van der Waals surface area contributed by atoms with Gasteiger partial charge >= 0.3 is 0 Å². The zero-order valence-corrected chi connectivity index (χ0v) is 28.6. The van der Waals surface area contributed by atoms with Crippen LogP contribution in [0.3, 0.4) is 0 Å². The van der Waals surface area contributed by atoms with Crippen molar-refractivity contribution in [2.75, 3.05) is 7.11 Å². The Morgan fingerprint density at radius 2 is 0.628 bits per heavy atom. The minimum atomic E-state index is 0. The molecule has 9 aliphatic rings. The SMILES string of the molecule is CO.[CH-]1CCCC2C3NC(NC4NC(NC5NC(NC6NC(N3)C3CCCCC63)C3CCCCC53)C3CCCCC43)C12.[Ir]. The quantitative estimate of drug-likeness (QED) is 0.171. The molecule has 4 saturated carbocycles. The van der Waals surface area contributed by atoms with Crippen molar-refractivity contribution in [2.45, 2.75) is 146 Å². The van der Waals surface area contributed by atoms with Crippen LogP contribution in [0.2, 0.25) is 0 Å². The van der Waals surface area contributed by atoms with Crippen LogP contribution in [0.15, 0.2) is 0 Å². The van der Waals surface area contributed by atoms with Crippen molar-refractivity contribution < 1.29 is 25.2 Å². The van der Waals surface area contributed by atoms with Gasteiger partial charge in [0.15, 0.2) is 0 Å². The van der Waals surface area contributed by atoms with Gasteiger partial charge in [-0.1, -0.05) is 51.4 Å². The van der Waals surface area contributed by atoms with Crippen molar-refractivity contribution in [3.8, 4) is 0 Å². The minimum Gasteiger partial charge on any atom is -0.400 e. The van der Waals surface area contributed by atoms with Gasteiger partial charge in [0.1, 0.15) is 0 Å². The summed E-state index contributed by atoms with van der Waals surface area (Å²) in [5.74, 6) is 5.74. The molecule has 247 valence electrons. The molecule has 0 spiro atoms. The van der Waals surface area contributed by atoms with Crippen molar-refractivity contribution in [3.05, 3.63) is 6.42 Å². The zero-order valence-electron chi connectivity index (χ0n) is 26.2. The van der Waals surface area contributed by atoms with E-state index in [1.54, 1.807) is 0 Å². The molecule has 9 rings (SSSR count). The molecule has 43 heavy (non-hydrogen) atoms. The molecule has 9 nitrogen and oxygen atoms in total. The van der Waals surface area contributed by atoms with Gasteiger partial charge in [0.2, 0.25) is 0 Å². The molecule has 0 aromatic rings. The number of fused-ring (bicyclic) bond motifs is 20. The van der Waals surface area contributed by atoms with Crippen LogP contribution in [0.25, 0.3) is 0 Å². The summed E-state index contributed by atoms with van der Waals surface area (Å²) < 4.78 is 0. The molecule has 9 fully saturated rings. The summed E-state index contributed by atoms with van der Waals surface area (Å²) in [6.45, 7) is 0. The fourth-order valence-electron chi connectivity index (χ4n) is 11.7. The van der Waals surface area contributed by atoms with E-state index in [1.807, 2.05) is 0 Å². The van der Waals surface area contributed by atoms with Crippen LogP contribution in [-0.4, -0.2) is 61.5 Å². The second-order valence-electron chi connectivity index (χ2n) is 15.4. The number of nitrogens with one attached hydrogen (secondary N) is 8. The van der Waals surface area contributed by atoms with Gasteiger partial charge in [-0.15, -0.1) is 5.92 Å². The van der Waals surface area contributed by atoms with Gasteiger partial charge in [0, 0.05) is 33.4 Å². The van der Waals surface area contributed by atoms with Crippen LogP contribution in [0.5, 0.6) is 0 Å². The first-order valence-electron chi connectivity index (χ1n) is 18.2. The van der Waals surface area contributed by atoms with Crippen molar-refractivity contribution in [1.82, 2.24) is 42.5 Å². The molecule has 16 atom stereocenters. The summed E-state index contributed by atoms with van der Waals surface area (Å²) >= 11 is 0. The Labute approximate surface area is 273 Å². The van der Waals surface area contributed by atoms with Gasteiger partial charge in [-0.3, -0.25) is 42.5 Å². The van der Waals surface area contributed by atoms with Crippen molar-refractivity contribution in [2.24, 2.45) is 47.3 Å². The Hall–Kier alpha value is 0.289. The van der Waals surface area contributed by atoms with E-state index in [0.29, 0.717) is 61.2 Å². The molecule has 5 heterocycles. The van der Waals surface area contributed by atoms with E-state index in [2.05, 4.69) is 49.0 Å². The minimum absolute atomic E-state index is 0. The van der Waals surface area contributed by atoms with Gasteiger partial charge in [-0.05, 0) is 80.0 Å². The summed E-state index contributed by atoms with van der Waals surface area (Å²) in [6.07, 6.45) is 26.4. The topological polar surface area (TPSA) is 116 Å². The van der Waals surface area contributed by atoms with E-state index in [1.165, 1.54) is 96.3 Å². The van der Waals surface area contributed by atoms with E-state index in [-0.39, 0.29) is 20.1 Å². The van der Waals surface area contributed by atoms with Gasteiger partial charge in [-0.2, -0.15) is 6.42 Å². The van der Waals surface area contributed by atoms with Gasteiger partial charge in [-0.25, -0.2) is 0 Å². The zero-order chi connectivity index (χ0) is 28.2. The standard InChI is InChI=1S/C32H55N8.CH4O.Ir/c1-2-10-18-17(9-1)25-33-26(18)38-28-21-13-5-6-14-22(21)30(35-28)40-32-24-16-8-7-15-23(24)31(36-32)39-29-20-12-4-3-11-19(20)27(34-29)37-25;1-2;/h9,17-40H,1-8,10-16H2;2H,1H3;/q-1;;. The Morgan fingerprint density at radius 3 is 0.953 bits per heavy atom. The molecular weight excluding hydrogens is 717 g/mol. The van der Waals surface area contributed by atoms with E-state index in [4.69, 9.17) is 5.11 Å². The molecule has 9 N–H and O–H groups in total. The first-order valence-corrected chi connectivity index (χ1v) is 18.2. The summed E-state index contributed by atoms with van der Waals surface area (Å²) in [7, 11) is 1.00. The third-order valence-electron chi connectivity index (χ3n) is 13.6. The number of hydrogen-bond donors (Lipinski definition) is 9. The summed E-state index contributed by atoms with van der Waals surface area (Å²) in [4.78, 5) is 0. The first-order chi connectivity index (χ1) is 20.8. The predicted molar refractivity (Wildman–Crippen MR) is 165 cm³/mol. The third-order valence-corrected chi connectivity index (χ3v) is 13.6. The largest absolute Gasteiger partial charge is 0.400 e. The molecule has 5 aliphatic heterocycles. The fraction of sp³-hybridized carbons (Fsp3) is 0.970. The third kappa shape index (κ3) is 5.85. The Bertz CT molecular complexity index is 723. The number of hydrogen-bond acceptors (Lipinski definition) is 9. The summed E-state index contributed by atoms with van der Waals surface area (Å²) in [6, 6.07) is 0. The van der Waals surface area contributed by atoms with Crippen LogP contribution in [0.4, 0.5) is 0 Å².